The van der Waals surface area contributed by atoms with Gasteiger partial charge in [0.15, 0.2) is 5.69 Å². The average molecular weight is 280 g/mol. The van der Waals surface area contributed by atoms with Crippen LogP contribution in [-0.2, 0) is 6.18 Å². The van der Waals surface area contributed by atoms with Crippen LogP contribution in [-0.4, -0.2) is 16.1 Å². The van der Waals surface area contributed by atoms with Crippen molar-refractivity contribution in [2.45, 2.75) is 6.18 Å². The smallest absolute Gasteiger partial charge is 0.319 e. The Morgan fingerprint density at radius 2 is 2.05 bits per heavy atom. The van der Waals surface area contributed by atoms with Gasteiger partial charge in [-0.25, -0.2) is 0 Å². The van der Waals surface area contributed by atoms with Gasteiger partial charge in [-0.3, -0.25) is 9.89 Å². The minimum atomic E-state index is -4.60. The number of anilines is 1. The molecule has 0 aliphatic rings. The summed E-state index contributed by atoms with van der Waals surface area (Å²) in [4.78, 5) is 11.8. The Kier molecular flexibility index (Phi) is 3.43. The molecule has 0 bridgehead atoms. The number of amides is 1. The molecule has 0 spiro atoms. The van der Waals surface area contributed by atoms with Crippen molar-refractivity contribution in [1.29, 1.82) is 5.26 Å². The molecule has 1 aromatic heterocycles. The lowest BCUT2D eigenvalue weighted by Crippen LogP contribution is -2.13. The fourth-order valence-corrected chi connectivity index (χ4v) is 1.46. The van der Waals surface area contributed by atoms with Crippen molar-refractivity contribution < 1.29 is 18.0 Å². The number of H-pyrrole nitrogens is 1. The zero-order valence-corrected chi connectivity index (χ0v) is 9.82. The van der Waals surface area contributed by atoms with Crippen LogP contribution in [0, 0.1) is 11.3 Å². The monoisotopic (exact) mass is 280 g/mol. The maximum atomic E-state index is 12.4. The van der Waals surface area contributed by atoms with E-state index in [1.165, 1.54) is 12.1 Å². The predicted molar refractivity (Wildman–Crippen MR) is 62.7 cm³/mol. The highest BCUT2D eigenvalue weighted by Crippen LogP contribution is 2.27. The minimum absolute atomic E-state index is 0.201. The van der Waals surface area contributed by atoms with Gasteiger partial charge in [-0.15, -0.1) is 0 Å². The van der Waals surface area contributed by atoms with E-state index in [0.717, 1.165) is 0 Å². The molecule has 0 aliphatic heterocycles. The molecule has 1 amide bonds. The van der Waals surface area contributed by atoms with E-state index >= 15 is 0 Å². The van der Waals surface area contributed by atoms with E-state index in [1.807, 2.05) is 6.07 Å². The maximum Gasteiger partial charge on any atom is 0.432 e. The number of alkyl halides is 3. The Labute approximate surface area is 111 Å². The van der Waals surface area contributed by atoms with E-state index in [4.69, 9.17) is 5.26 Å². The lowest BCUT2D eigenvalue weighted by molar-refractivity contribution is -0.141. The zero-order valence-electron chi connectivity index (χ0n) is 9.82. The van der Waals surface area contributed by atoms with E-state index in [-0.39, 0.29) is 11.3 Å². The van der Waals surface area contributed by atoms with Crippen LogP contribution in [0.3, 0.4) is 0 Å². The number of para-hydroxylation sites is 1. The number of hydrogen-bond acceptors (Lipinski definition) is 3. The molecule has 0 unspecified atom stereocenters. The van der Waals surface area contributed by atoms with Gasteiger partial charge in [-0.1, -0.05) is 12.1 Å². The highest BCUT2D eigenvalue weighted by atomic mass is 19.4. The van der Waals surface area contributed by atoms with Gasteiger partial charge in [-0.2, -0.15) is 23.5 Å². The zero-order chi connectivity index (χ0) is 14.8. The summed E-state index contributed by atoms with van der Waals surface area (Å²) < 4.78 is 37.1. The van der Waals surface area contributed by atoms with E-state index in [9.17, 15) is 18.0 Å². The number of halogens is 3. The van der Waals surface area contributed by atoms with E-state index in [1.54, 1.807) is 17.2 Å². The molecule has 5 nitrogen and oxygen atoms in total. The van der Waals surface area contributed by atoms with Crippen LogP contribution < -0.4 is 5.32 Å². The largest absolute Gasteiger partial charge is 0.432 e. The molecule has 102 valence electrons. The Balaban J connectivity index is 2.21. The molecule has 0 saturated carbocycles. The second-order valence-electron chi connectivity index (χ2n) is 3.78. The molecule has 8 heteroatoms. The van der Waals surface area contributed by atoms with Crippen LogP contribution in [0.15, 0.2) is 30.3 Å². The topological polar surface area (TPSA) is 81.6 Å². The predicted octanol–water partition coefficient (Wildman–Crippen LogP) is 2.55. The molecule has 2 rings (SSSR count). The maximum absolute atomic E-state index is 12.4. The molecule has 0 atom stereocenters. The number of aromatic nitrogens is 2. The van der Waals surface area contributed by atoms with Crippen molar-refractivity contribution >= 4 is 11.6 Å². The normalized spacial score (nSPS) is 10.9. The van der Waals surface area contributed by atoms with Crippen molar-refractivity contribution in [2.24, 2.45) is 0 Å². The summed E-state index contributed by atoms with van der Waals surface area (Å²) in [5.41, 5.74) is -1.12. The number of carbonyl (C=O) groups is 1. The van der Waals surface area contributed by atoms with Gasteiger partial charge in [0, 0.05) is 6.07 Å². The highest BCUT2D eigenvalue weighted by molar-refractivity contribution is 6.03. The van der Waals surface area contributed by atoms with Crippen molar-refractivity contribution in [1.82, 2.24) is 10.2 Å². The number of nitrogens with one attached hydrogen (secondary N) is 2. The number of nitrogens with zero attached hydrogens (tertiary/aromatic N) is 2. The first-order valence-electron chi connectivity index (χ1n) is 5.35. The third-order valence-electron chi connectivity index (χ3n) is 2.41. The van der Waals surface area contributed by atoms with Crippen LogP contribution >= 0.6 is 0 Å². The quantitative estimate of drug-likeness (QED) is 0.886. The molecule has 2 N–H and O–H groups in total. The van der Waals surface area contributed by atoms with Crippen LogP contribution in [0.5, 0.6) is 0 Å². The molecule has 0 fully saturated rings. The molecular weight excluding hydrogens is 273 g/mol. The summed E-state index contributed by atoms with van der Waals surface area (Å²) in [5, 5.41) is 16.2. The van der Waals surface area contributed by atoms with Gasteiger partial charge in [-0.05, 0) is 12.1 Å². The number of hydrogen-bond donors (Lipinski definition) is 2. The van der Waals surface area contributed by atoms with Gasteiger partial charge in [0.2, 0.25) is 0 Å². The second kappa shape index (κ2) is 5.05. The third kappa shape index (κ3) is 2.77. The van der Waals surface area contributed by atoms with Crippen molar-refractivity contribution in [3.63, 3.8) is 0 Å². The highest BCUT2D eigenvalue weighted by Gasteiger charge is 2.33. The number of benzene rings is 1. The Morgan fingerprint density at radius 3 is 2.65 bits per heavy atom. The van der Waals surface area contributed by atoms with Gasteiger partial charge in [0.25, 0.3) is 5.91 Å². The summed E-state index contributed by atoms with van der Waals surface area (Å²) in [7, 11) is 0. The van der Waals surface area contributed by atoms with Crippen LogP contribution in [0.1, 0.15) is 21.7 Å². The summed E-state index contributed by atoms with van der Waals surface area (Å²) in [6, 6.07) is 8.59. The molecule has 2 aromatic rings. The second-order valence-corrected chi connectivity index (χ2v) is 3.78. The molecule has 0 radical (unpaired) electrons. The molecule has 0 aliphatic carbocycles. The van der Waals surface area contributed by atoms with Crippen LogP contribution in [0.25, 0.3) is 0 Å². The van der Waals surface area contributed by atoms with E-state index in [0.29, 0.717) is 6.07 Å². The molecule has 0 saturated heterocycles. The standard InChI is InChI=1S/C12H7F3N4O/c13-12(14,15)10-5-9(18-19-10)11(20)17-8-4-2-1-3-7(8)6-16/h1-5H,(H,17,20)(H,18,19). The SMILES string of the molecule is N#Cc1ccccc1NC(=O)c1cc(C(F)(F)F)[nH]n1. The van der Waals surface area contributed by atoms with Crippen molar-refractivity contribution in [3.05, 3.63) is 47.3 Å². The summed E-state index contributed by atoms with van der Waals surface area (Å²) in [5.74, 6) is -0.834. The number of aromatic amines is 1. The molecular formula is C12H7F3N4O. The summed E-state index contributed by atoms with van der Waals surface area (Å²) in [6.45, 7) is 0. The first-order chi connectivity index (χ1) is 9.41. The van der Waals surface area contributed by atoms with Crippen LogP contribution in [0.4, 0.5) is 18.9 Å². The Morgan fingerprint density at radius 1 is 1.35 bits per heavy atom. The fraction of sp³-hybridized carbons (Fsp3) is 0.0833. The Hall–Kier alpha value is -2.82. The van der Waals surface area contributed by atoms with E-state index < -0.39 is 23.5 Å². The number of nitriles is 1. The third-order valence-corrected chi connectivity index (χ3v) is 2.41. The van der Waals surface area contributed by atoms with Gasteiger partial charge >= 0.3 is 6.18 Å². The summed E-state index contributed by atoms with van der Waals surface area (Å²) >= 11 is 0. The van der Waals surface area contributed by atoms with Crippen molar-refractivity contribution in [3.8, 4) is 6.07 Å². The molecule has 1 heterocycles. The Bertz CT molecular complexity index is 684. The van der Waals surface area contributed by atoms with Gasteiger partial charge in [0.1, 0.15) is 11.8 Å². The lowest BCUT2D eigenvalue weighted by Gasteiger charge is -2.04. The van der Waals surface area contributed by atoms with Gasteiger partial charge in [0.05, 0.1) is 11.3 Å². The van der Waals surface area contributed by atoms with Gasteiger partial charge < -0.3 is 5.32 Å². The van der Waals surface area contributed by atoms with E-state index in [2.05, 4.69) is 10.4 Å². The first-order valence-corrected chi connectivity index (χ1v) is 5.35. The molecule has 20 heavy (non-hydrogen) atoms. The van der Waals surface area contributed by atoms with Crippen molar-refractivity contribution in [2.75, 3.05) is 5.32 Å². The first kappa shape index (κ1) is 13.6. The number of rotatable bonds is 2. The number of carbonyl (C=O) groups excluding carboxylic acids is 1. The average Bonchev–Trinajstić information content (AvgIpc) is 2.89. The lowest BCUT2D eigenvalue weighted by atomic mass is 10.2. The summed E-state index contributed by atoms with van der Waals surface area (Å²) in [6.07, 6.45) is -4.60. The fourth-order valence-electron chi connectivity index (χ4n) is 1.46. The minimum Gasteiger partial charge on any atom is -0.319 e. The molecule has 1 aromatic carbocycles. The van der Waals surface area contributed by atoms with Crippen LogP contribution in [0.2, 0.25) is 0 Å².